The van der Waals surface area contributed by atoms with E-state index in [2.05, 4.69) is 14.9 Å². The normalized spacial score (nSPS) is 30.2. The number of anilines is 1. The molecule has 2 N–H and O–H groups in total. The van der Waals surface area contributed by atoms with Gasteiger partial charge in [0.2, 0.25) is 0 Å². The molecule has 0 aromatic carbocycles. The van der Waals surface area contributed by atoms with Crippen molar-refractivity contribution in [3.05, 3.63) is 18.1 Å². The van der Waals surface area contributed by atoms with Crippen molar-refractivity contribution in [1.82, 2.24) is 14.9 Å². The van der Waals surface area contributed by atoms with Gasteiger partial charge in [0.05, 0.1) is 6.61 Å². The molecule has 0 spiro atoms. The maximum absolute atomic E-state index is 5.81. The van der Waals surface area contributed by atoms with Crippen LogP contribution < -0.4 is 5.73 Å². The van der Waals surface area contributed by atoms with Crippen molar-refractivity contribution in [3.63, 3.8) is 0 Å². The van der Waals surface area contributed by atoms with Crippen LogP contribution in [0, 0.1) is 0 Å². The summed E-state index contributed by atoms with van der Waals surface area (Å²) < 4.78 is 5.81. The third kappa shape index (κ3) is 1.76. The largest absolute Gasteiger partial charge is 0.384 e. The van der Waals surface area contributed by atoms with Gasteiger partial charge in [0.1, 0.15) is 11.9 Å². The highest BCUT2D eigenvalue weighted by molar-refractivity contribution is 5.25. The zero-order valence-electron chi connectivity index (χ0n) is 9.17. The predicted octanol–water partition coefficient (Wildman–Crippen LogP) is 0.594. The molecule has 3 rings (SSSR count). The van der Waals surface area contributed by atoms with Gasteiger partial charge in [-0.2, -0.15) is 0 Å². The maximum atomic E-state index is 5.81. The average Bonchev–Trinajstić information content (AvgIpc) is 2.75. The zero-order chi connectivity index (χ0) is 11.0. The Morgan fingerprint density at radius 3 is 3.31 bits per heavy atom. The highest BCUT2D eigenvalue weighted by Gasteiger charge is 2.33. The molecular weight excluding hydrogens is 204 g/mol. The first-order valence-electron chi connectivity index (χ1n) is 5.77. The van der Waals surface area contributed by atoms with E-state index < -0.39 is 0 Å². The molecule has 1 aromatic heterocycles. The van der Waals surface area contributed by atoms with Gasteiger partial charge in [-0.15, -0.1) is 0 Å². The van der Waals surface area contributed by atoms with Crippen LogP contribution in [0.5, 0.6) is 0 Å². The minimum absolute atomic E-state index is 0.0159. The molecule has 0 saturated carbocycles. The summed E-state index contributed by atoms with van der Waals surface area (Å²) in [5.41, 5.74) is 5.65. The van der Waals surface area contributed by atoms with Crippen molar-refractivity contribution in [2.45, 2.75) is 25.0 Å². The Labute approximate surface area is 94.6 Å². The molecule has 2 fully saturated rings. The monoisotopic (exact) mass is 220 g/mol. The molecule has 3 heterocycles. The lowest BCUT2D eigenvalue weighted by Gasteiger charge is -2.34. The number of rotatable bonds is 1. The molecule has 2 aliphatic rings. The van der Waals surface area contributed by atoms with Crippen LogP contribution in [-0.4, -0.2) is 40.6 Å². The predicted molar refractivity (Wildman–Crippen MR) is 59.7 cm³/mol. The van der Waals surface area contributed by atoms with E-state index in [9.17, 15) is 0 Å². The molecule has 16 heavy (non-hydrogen) atoms. The van der Waals surface area contributed by atoms with Gasteiger partial charge in [-0.3, -0.25) is 4.90 Å². The molecule has 1 aromatic rings. The van der Waals surface area contributed by atoms with Crippen LogP contribution in [0.15, 0.2) is 12.3 Å². The number of hydrogen-bond donors (Lipinski definition) is 1. The molecule has 2 unspecified atom stereocenters. The van der Waals surface area contributed by atoms with Gasteiger partial charge in [-0.1, -0.05) is 0 Å². The van der Waals surface area contributed by atoms with Crippen molar-refractivity contribution in [3.8, 4) is 0 Å². The molecule has 2 atom stereocenters. The van der Waals surface area contributed by atoms with Gasteiger partial charge in [-0.25, -0.2) is 9.97 Å². The fraction of sp³-hybridized carbons (Fsp3) is 0.636. The van der Waals surface area contributed by atoms with Crippen molar-refractivity contribution >= 4 is 5.82 Å². The Morgan fingerprint density at radius 2 is 2.44 bits per heavy atom. The molecule has 2 saturated heterocycles. The average molecular weight is 220 g/mol. The zero-order valence-corrected chi connectivity index (χ0v) is 9.17. The summed E-state index contributed by atoms with van der Waals surface area (Å²) in [6.07, 6.45) is 4.21. The van der Waals surface area contributed by atoms with Gasteiger partial charge in [-0.05, 0) is 25.5 Å². The second-order valence-electron chi connectivity index (χ2n) is 4.45. The van der Waals surface area contributed by atoms with Gasteiger partial charge < -0.3 is 10.5 Å². The minimum atomic E-state index is -0.0159. The molecule has 2 aliphatic heterocycles. The lowest BCUT2D eigenvalue weighted by atomic mass is 10.2. The lowest BCUT2D eigenvalue weighted by Crippen LogP contribution is -2.42. The van der Waals surface area contributed by atoms with E-state index in [4.69, 9.17) is 10.5 Å². The Balaban J connectivity index is 1.76. The Hall–Kier alpha value is -1.20. The van der Waals surface area contributed by atoms with Crippen LogP contribution in [-0.2, 0) is 4.74 Å². The Bertz CT molecular complexity index is 384. The van der Waals surface area contributed by atoms with Crippen molar-refractivity contribution in [2.75, 3.05) is 25.4 Å². The SMILES string of the molecule is Nc1ccnc(C2CN3CCCC3CO2)n1. The third-order valence-electron chi connectivity index (χ3n) is 3.37. The first-order chi connectivity index (χ1) is 7.83. The van der Waals surface area contributed by atoms with Crippen LogP contribution in [0.1, 0.15) is 24.8 Å². The van der Waals surface area contributed by atoms with E-state index in [-0.39, 0.29) is 6.10 Å². The number of ether oxygens (including phenoxy) is 1. The smallest absolute Gasteiger partial charge is 0.160 e. The van der Waals surface area contributed by atoms with Gasteiger partial charge in [0, 0.05) is 18.8 Å². The lowest BCUT2D eigenvalue weighted by molar-refractivity contribution is -0.0540. The number of nitrogen functional groups attached to an aromatic ring is 1. The number of hydrogen-bond acceptors (Lipinski definition) is 5. The van der Waals surface area contributed by atoms with Crippen LogP contribution in [0.25, 0.3) is 0 Å². The third-order valence-corrected chi connectivity index (χ3v) is 3.37. The summed E-state index contributed by atoms with van der Waals surface area (Å²) >= 11 is 0. The summed E-state index contributed by atoms with van der Waals surface area (Å²) in [4.78, 5) is 10.9. The molecule has 0 aliphatic carbocycles. The Kier molecular flexibility index (Phi) is 2.49. The standard InChI is InChI=1S/C11H16N4O/c12-10-3-4-13-11(14-10)9-6-15-5-1-2-8(15)7-16-9/h3-4,8-9H,1-2,5-7H2,(H2,12,13,14). The molecule has 0 bridgehead atoms. The number of fused-ring (bicyclic) bond motifs is 1. The van der Waals surface area contributed by atoms with Gasteiger partial charge >= 0.3 is 0 Å². The molecular formula is C11H16N4O. The molecule has 0 amide bonds. The summed E-state index contributed by atoms with van der Waals surface area (Å²) in [6.45, 7) is 2.86. The van der Waals surface area contributed by atoms with Crippen LogP contribution in [0.2, 0.25) is 0 Å². The fourth-order valence-corrected chi connectivity index (χ4v) is 2.52. The van der Waals surface area contributed by atoms with E-state index in [1.807, 2.05) is 0 Å². The van der Waals surface area contributed by atoms with Crippen LogP contribution in [0.3, 0.4) is 0 Å². The quantitative estimate of drug-likeness (QED) is 0.750. The molecule has 5 nitrogen and oxygen atoms in total. The van der Waals surface area contributed by atoms with Crippen LogP contribution in [0.4, 0.5) is 5.82 Å². The highest BCUT2D eigenvalue weighted by Crippen LogP contribution is 2.28. The van der Waals surface area contributed by atoms with Gasteiger partial charge in [0.15, 0.2) is 5.82 Å². The molecule has 0 radical (unpaired) electrons. The topological polar surface area (TPSA) is 64.3 Å². The first-order valence-corrected chi connectivity index (χ1v) is 5.77. The molecule has 86 valence electrons. The summed E-state index contributed by atoms with van der Waals surface area (Å²) in [5, 5.41) is 0. The van der Waals surface area contributed by atoms with Crippen LogP contribution >= 0.6 is 0 Å². The van der Waals surface area contributed by atoms with E-state index in [0.29, 0.717) is 17.7 Å². The van der Waals surface area contributed by atoms with E-state index in [1.165, 1.54) is 19.4 Å². The fourth-order valence-electron chi connectivity index (χ4n) is 2.52. The summed E-state index contributed by atoms with van der Waals surface area (Å²) in [7, 11) is 0. The number of aromatic nitrogens is 2. The second-order valence-corrected chi connectivity index (χ2v) is 4.45. The second kappa shape index (κ2) is 3.99. The van der Waals surface area contributed by atoms with Crippen molar-refractivity contribution in [2.24, 2.45) is 0 Å². The Morgan fingerprint density at radius 1 is 1.50 bits per heavy atom. The maximum Gasteiger partial charge on any atom is 0.160 e. The van der Waals surface area contributed by atoms with Crippen molar-refractivity contribution in [1.29, 1.82) is 0 Å². The van der Waals surface area contributed by atoms with Gasteiger partial charge in [0.25, 0.3) is 0 Å². The molecule has 5 heteroatoms. The first kappa shape index (κ1) is 9.99. The summed E-state index contributed by atoms with van der Waals surface area (Å²) in [6, 6.07) is 2.31. The van der Waals surface area contributed by atoms with E-state index in [0.717, 1.165) is 13.2 Å². The summed E-state index contributed by atoms with van der Waals surface area (Å²) in [5.74, 6) is 1.22. The number of nitrogens with zero attached hydrogens (tertiary/aromatic N) is 3. The van der Waals surface area contributed by atoms with E-state index in [1.54, 1.807) is 12.3 Å². The number of nitrogens with two attached hydrogens (primary N) is 1. The van der Waals surface area contributed by atoms with E-state index >= 15 is 0 Å². The minimum Gasteiger partial charge on any atom is -0.384 e. The number of morpholine rings is 1. The highest BCUT2D eigenvalue weighted by atomic mass is 16.5. The van der Waals surface area contributed by atoms with Crippen molar-refractivity contribution < 1.29 is 4.74 Å².